The predicted molar refractivity (Wildman–Crippen MR) is 88.5 cm³/mol. The van der Waals surface area contributed by atoms with Gasteiger partial charge in [0.15, 0.2) is 5.78 Å². The van der Waals surface area contributed by atoms with Crippen molar-refractivity contribution < 1.29 is 19.6 Å². The molecule has 2 rings (SSSR count). The fraction of sp³-hybridized carbons (Fsp3) is 0.125. The molecule has 0 amide bonds. The fourth-order valence-electron chi connectivity index (χ4n) is 2.05. The van der Waals surface area contributed by atoms with Gasteiger partial charge in [0.1, 0.15) is 6.04 Å². The van der Waals surface area contributed by atoms with Crippen molar-refractivity contribution in [3.05, 3.63) is 69.2 Å². The Balaban J connectivity index is 2.13. The Hall–Kier alpha value is -2.93. The number of carbonyl (C=O) groups is 2. The van der Waals surface area contributed by atoms with Crippen molar-refractivity contribution in [2.45, 2.75) is 12.5 Å². The minimum atomic E-state index is -1.23. The van der Waals surface area contributed by atoms with Crippen LogP contribution in [0, 0.1) is 10.1 Å². The average molecular weight is 349 g/mol. The number of Topliss-reactive ketones (excluding diaryl/α,β-unsaturated/α-hetero) is 1. The number of aliphatic carboxylic acids is 1. The summed E-state index contributed by atoms with van der Waals surface area (Å²) in [5.41, 5.74) is 0.417. The number of rotatable bonds is 7. The summed E-state index contributed by atoms with van der Waals surface area (Å²) in [7, 11) is 0. The Labute approximate surface area is 142 Å². The van der Waals surface area contributed by atoms with E-state index in [9.17, 15) is 24.8 Å². The number of non-ortho nitro benzene ring substituents is 1. The number of hydrogen-bond acceptors (Lipinski definition) is 5. The number of nitrogens with zero attached hydrogens (tertiary/aromatic N) is 1. The van der Waals surface area contributed by atoms with Gasteiger partial charge in [-0.05, 0) is 30.3 Å². The third-order valence-corrected chi connectivity index (χ3v) is 3.50. The smallest absolute Gasteiger partial charge is 0.326 e. The Bertz CT molecular complexity index is 776. The normalized spacial score (nSPS) is 11.5. The molecule has 1 atom stereocenters. The first-order valence-corrected chi connectivity index (χ1v) is 7.27. The van der Waals surface area contributed by atoms with Crippen molar-refractivity contribution >= 4 is 34.7 Å². The van der Waals surface area contributed by atoms with Crippen molar-refractivity contribution in [1.82, 2.24) is 0 Å². The van der Waals surface area contributed by atoms with Gasteiger partial charge in [-0.15, -0.1) is 0 Å². The maximum Gasteiger partial charge on any atom is 0.326 e. The quantitative estimate of drug-likeness (QED) is 0.451. The Morgan fingerprint density at radius 1 is 1.21 bits per heavy atom. The molecule has 124 valence electrons. The highest BCUT2D eigenvalue weighted by Gasteiger charge is 2.22. The van der Waals surface area contributed by atoms with Crippen molar-refractivity contribution in [1.29, 1.82) is 0 Å². The van der Waals surface area contributed by atoms with Crippen LogP contribution >= 0.6 is 11.6 Å². The van der Waals surface area contributed by atoms with E-state index in [-0.39, 0.29) is 23.6 Å². The van der Waals surface area contributed by atoms with Crippen molar-refractivity contribution in [2.75, 3.05) is 5.32 Å². The molecule has 0 radical (unpaired) electrons. The lowest BCUT2D eigenvalue weighted by molar-refractivity contribution is -0.384. The maximum atomic E-state index is 12.2. The van der Waals surface area contributed by atoms with Gasteiger partial charge in [0.25, 0.3) is 5.69 Å². The summed E-state index contributed by atoms with van der Waals surface area (Å²) in [6.45, 7) is 0. The molecule has 1 unspecified atom stereocenters. The Morgan fingerprint density at radius 3 is 2.46 bits per heavy atom. The minimum Gasteiger partial charge on any atom is -0.480 e. The first kappa shape index (κ1) is 17.4. The second kappa shape index (κ2) is 7.56. The number of halogens is 1. The number of carboxylic acids is 1. The van der Waals surface area contributed by atoms with Gasteiger partial charge in [0.2, 0.25) is 0 Å². The van der Waals surface area contributed by atoms with Gasteiger partial charge in [-0.3, -0.25) is 14.9 Å². The van der Waals surface area contributed by atoms with Gasteiger partial charge in [0, 0.05) is 34.8 Å². The molecule has 8 heteroatoms. The zero-order valence-electron chi connectivity index (χ0n) is 12.3. The van der Waals surface area contributed by atoms with Crippen LogP contribution in [0.4, 0.5) is 11.4 Å². The molecule has 2 aromatic rings. The molecule has 0 bridgehead atoms. The highest BCUT2D eigenvalue weighted by atomic mass is 35.5. The number of nitro groups is 1. The van der Waals surface area contributed by atoms with E-state index in [1.54, 1.807) is 12.1 Å². The molecule has 7 nitrogen and oxygen atoms in total. The van der Waals surface area contributed by atoms with Crippen LogP contribution in [0.1, 0.15) is 16.8 Å². The lowest BCUT2D eigenvalue weighted by Gasteiger charge is -2.15. The number of nitrogens with one attached hydrogen (secondary N) is 1. The monoisotopic (exact) mass is 348 g/mol. The molecule has 0 saturated heterocycles. The molecule has 0 spiro atoms. The van der Waals surface area contributed by atoms with Gasteiger partial charge in [-0.1, -0.05) is 17.7 Å². The van der Waals surface area contributed by atoms with Crippen LogP contribution in [0.3, 0.4) is 0 Å². The topological polar surface area (TPSA) is 110 Å². The highest BCUT2D eigenvalue weighted by Crippen LogP contribution is 2.19. The van der Waals surface area contributed by atoms with Crippen LogP contribution < -0.4 is 5.32 Å². The van der Waals surface area contributed by atoms with E-state index in [0.717, 1.165) is 0 Å². The number of hydrogen-bond donors (Lipinski definition) is 2. The number of benzene rings is 2. The summed E-state index contributed by atoms with van der Waals surface area (Å²) in [6, 6.07) is 10.3. The van der Waals surface area contributed by atoms with Crippen LogP contribution in [0.15, 0.2) is 48.5 Å². The molecular formula is C16H13ClN2O5. The molecule has 0 aliphatic rings. The summed E-state index contributed by atoms with van der Waals surface area (Å²) >= 11 is 5.75. The number of carboxylic acid groups (broad SMARTS) is 1. The van der Waals surface area contributed by atoms with Crippen LogP contribution in [0.25, 0.3) is 0 Å². The lowest BCUT2D eigenvalue weighted by atomic mass is 10.0. The van der Waals surface area contributed by atoms with Crippen molar-refractivity contribution in [2.24, 2.45) is 0 Å². The van der Waals surface area contributed by atoms with E-state index < -0.39 is 16.9 Å². The standard InChI is InChI=1S/C16H13ClN2O5/c17-11-6-4-10(5-7-11)15(20)9-14(16(21)22)18-12-2-1-3-13(8-12)19(23)24/h1-8,14,18H,9H2,(H,21,22). The Morgan fingerprint density at radius 2 is 1.88 bits per heavy atom. The van der Waals surface area contributed by atoms with Crippen LogP contribution in [0.2, 0.25) is 5.02 Å². The number of carbonyl (C=O) groups excluding carboxylic acids is 1. The predicted octanol–water partition coefficient (Wildman–Crippen LogP) is 3.39. The highest BCUT2D eigenvalue weighted by molar-refractivity contribution is 6.30. The summed E-state index contributed by atoms with van der Waals surface area (Å²) < 4.78 is 0. The average Bonchev–Trinajstić information content (AvgIpc) is 2.55. The molecule has 0 saturated carbocycles. The van der Waals surface area contributed by atoms with Gasteiger partial charge in [-0.2, -0.15) is 0 Å². The van der Waals surface area contributed by atoms with Crippen LogP contribution in [-0.4, -0.2) is 27.8 Å². The Kier molecular flexibility index (Phi) is 5.49. The van der Waals surface area contributed by atoms with Gasteiger partial charge in [0.05, 0.1) is 4.92 Å². The fourth-order valence-corrected chi connectivity index (χ4v) is 2.18. The zero-order valence-corrected chi connectivity index (χ0v) is 13.1. The van der Waals surface area contributed by atoms with Crippen molar-refractivity contribution in [3.63, 3.8) is 0 Å². The zero-order chi connectivity index (χ0) is 17.7. The molecule has 0 aliphatic heterocycles. The number of anilines is 1. The minimum absolute atomic E-state index is 0.173. The first-order valence-electron chi connectivity index (χ1n) is 6.89. The first-order chi connectivity index (χ1) is 11.4. The molecule has 2 aromatic carbocycles. The molecule has 0 aliphatic carbocycles. The summed E-state index contributed by atoms with van der Waals surface area (Å²) in [5, 5.41) is 23.1. The van der Waals surface area contributed by atoms with E-state index in [0.29, 0.717) is 10.6 Å². The molecule has 0 fully saturated rings. The lowest BCUT2D eigenvalue weighted by Crippen LogP contribution is -2.31. The van der Waals surface area contributed by atoms with Gasteiger partial charge in [-0.25, -0.2) is 4.79 Å². The molecule has 0 heterocycles. The maximum absolute atomic E-state index is 12.2. The second-order valence-electron chi connectivity index (χ2n) is 4.98. The number of ketones is 1. The van der Waals surface area contributed by atoms with E-state index in [4.69, 9.17) is 11.6 Å². The number of nitro benzene ring substituents is 1. The third-order valence-electron chi connectivity index (χ3n) is 3.25. The van der Waals surface area contributed by atoms with E-state index in [2.05, 4.69) is 5.32 Å². The van der Waals surface area contributed by atoms with E-state index >= 15 is 0 Å². The summed E-state index contributed by atoms with van der Waals surface area (Å²) in [5.74, 6) is -1.61. The molecular weight excluding hydrogens is 336 g/mol. The van der Waals surface area contributed by atoms with E-state index in [1.165, 1.54) is 36.4 Å². The van der Waals surface area contributed by atoms with E-state index in [1.807, 2.05) is 0 Å². The largest absolute Gasteiger partial charge is 0.480 e. The third kappa shape index (κ3) is 4.53. The SMILES string of the molecule is O=C(CC(Nc1cccc([N+](=O)[O-])c1)C(=O)O)c1ccc(Cl)cc1. The van der Waals surface area contributed by atoms with Crippen LogP contribution in [0.5, 0.6) is 0 Å². The molecule has 2 N–H and O–H groups in total. The summed E-state index contributed by atoms with van der Waals surface area (Å²) in [4.78, 5) is 33.7. The molecule has 24 heavy (non-hydrogen) atoms. The van der Waals surface area contributed by atoms with Crippen LogP contribution in [-0.2, 0) is 4.79 Å². The second-order valence-corrected chi connectivity index (χ2v) is 5.41. The van der Waals surface area contributed by atoms with Gasteiger partial charge >= 0.3 is 5.97 Å². The van der Waals surface area contributed by atoms with Crippen molar-refractivity contribution in [3.8, 4) is 0 Å². The molecule has 0 aromatic heterocycles. The van der Waals surface area contributed by atoms with Gasteiger partial charge < -0.3 is 10.4 Å². The summed E-state index contributed by atoms with van der Waals surface area (Å²) in [6.07, 6.45) is -0.306.